The van der Waals surface area contributed by atoms with Gasteiger partial charge in [0.2, 0.25) is 5.91 Å². The number of nitro benzene ring substituents is 1. The summed E-state index contributed by atoms with van der Waals surface area (Å²) in [5.74, 6) is 0.127. The second-order valence-electron chi connectivity index (χ2n) is 5.46. The fraction of sp³-hybridized carbons (Fsp3) is 0.533. The van der Waals surface area contributed by atoms with Crippen LogP contribution in [0.25, 0.3) is 0 Å². The molecule has 1 aromatic rings. The summed E-state index contributed by atoms with van der Waals surface area (Å²) in [6, 6.07) is 4.93. The summed E-state index contributed by atoms with van der Waals surface area (Å²) in [6.45, 7) is 1.88. The van der Waals surface area contributed by atoms with E-state index in [1.807, 2.05) is 4.90 Å². The molecule has 1 amide bonds. The van der Waals surface area contributed by atoms with Crippen molar-refractivity contribution in [3.8, 4) is 0 Å². The molecule has 1 saturated heterocycles. The highest BCUT2D eigenvalue weighted by molar-refractivity contribution is 9.10. The molecule has 7 nitrogen and oxygen atoms in total. The molecule has 1 aliphatic rings. The zero-order valence-corrected chi connectivity index (χ0v) is 14.5. The molecule has 1 aromatic carbocycles. The second kappa shape index (κ2) is 8.26. The summed E-state index contributed by atoms with van der Waals surface area (Å²) >= 11 is 3.36. The Morgan fingerprint density at radius 3 is 2.74 bits per heavy atom. The zero-order chi connectivity index (χ0) is 16.8. The van der Waals surface area contributed by atoms with Crippen molar-refractivity contribution in [1.29, 1.82) is 0 Å². The second-order valence-corrected chi connectivity index (χ2v) is 6.32. The normalized spacial score (nSPS) is 15.5. The van der Waals surface area contributed by atoms with E-state index in [-0.39, 0.29) is 17.6 Å². The molecular formula is C15H20BrN3O4. The van der Waals surface area contributed by atoms with Crippen LogP contribution in [0.15, 0.2) is 22.7 Å². The van der Waals surface area contributed by atoms with Crippen molar-refractivity contribution in [2.45, 2.75) is 25.3 Å². The number of benzene rings is 1. The molecule has 1 heterocycles. The first-order chi connectivity index (χ1) is 11.0. The molecule has 0 unspecified atom stereocenters. The first-order valence-electron chi connectivity index (χ1n) is 7.48. The van der Waals surface area contributed by atoms with Crippen molar-refractivity contribution >= 4 is 33.2 Å². The summed E-state index contributed by atoms with van der Waals surface area (Å²) in [5.41, 5.74) is 0.890. The molecule has 0 aliphatic carbocycles. The van der Waals surface area contributed by atoms with Crippen LogP contribution >= 0.6 is 15.9 Å². The number of amides is 1. The van der Waals surface area contributed by atoms with Crippen LogP contribution in [0.5, 0.6) is 0 Å². The molecule has 0 aromatic heterocycles. The molecule has 0 saturated carbocycles. The number of nitrogens with zero attached hydrogens (tertiary/aromatic N) is 2. The number of anilines is 1. The Morgan fingerprint density at radius 1 is 1.48 bits per heavy atom. The predicted molar refractivity (Wildman–Crippen MR) is 90.5 cm³/mol. The molecule has 126 valence electrons. The summed E-state index contributed by atoms with van der Waals surface area (Å²) < 4.78 is 5.60. The third kappa shape index (κ3) is 4.90. The number of halogens is 1. The average molecular weight is 386 g/mol. The van der Waals surface area contributed by atoms with Gasteiger partial charge in [-0.15, -0.1) is 0 Å². The number of hydrogen-bond acceptors (Lipinski definition) is 5. The summed E-state index contributed by atoms with van der Waals surface area (Å²) in [5, 5.41) is 14.1. The molecule has 2 rings (SSSR count). The molecule has 0 radical (unpaired) electrons. The lowest BCUT2D eigenvalue weighted by molar-refractivity contribution is -0.384. The SMILES string of the molecule is COCCC(=O)N1CCC(Nc2ccc([N+](=O)[O-])cc2Br)CC1. The molecule has 1 aliphatic heterocycles. The molecular weight excluding hydrogens is 366 g/mol. The number of rotatable bonds is 6. The Balaban J connectivity index is 1.87. The molecule has 1 fully saturated rings. The maximum Gasteiger partial charge on any atom is 0.270 e. The lowest BCUT2D eigenvalue weighted by Gasteiger charge is -2.33. The monoisotopic (exact) mass is 385 g/mol. The third-order valence-electron chi connectivity index (χ3n) is 3.89. The molecule has 8 heteroatoms. The lowest BCUT2D eigenvalue weighted by atomic mass is 10.0. The van der Waals surface area contributed by atoms with Crippen LogP contribution in [-0.2, 0) is 9.53 Å². The quantitative estimate of drug-likeness (QED) is 0.600. The van der Waals surface area contributed by atoms with Gasteiger partial charge in [0, 0.05) is 48.5 Å². The topological polar surface area (TPSA) is 84.7 Å². The minimum atomic E-state index is -0.418. The summed E-state index contributed by atoms with van der Waals surface area (Å²) in [6.07, 6.45) is 2.12. The maximum atomic E-state index is 11.9. The fourth-order valence-corrected chi connectivity index (χ4v) is 3.06. The Bertz CT molecular complexity index is 574. The van der Waals surface area contributed by atoms with Gasteiger partial charge >= 0.3 is 0 Å². The number of carbonyl (C=O) groups is 1. The van der Waals surface area contributed by atoms with Crippen LogP contribution in [0.3, 0.4) is 0 Å². The summed E-state index contributed by atoms with van der Waals surface area (Å²) in [7, 11) is 1.59. The number of methoxy groups -OCH3 is 1. The van der Waals surface area contributed by atoms with E-state index in [4.69, 9.17) is 4.74 Å². The zero-order valence-electron chi connectivity index (χ0n) is 13.0. The van der Waals surface area contributed by atoms with Crippen molar-refractivity contribution in [1.82, 2.24) is 4.90 Å². The van der Waals surface area contributed by atoms with Gasteiger partial charge < -0.3 is 15.0 Å². The third-order valence-corrected chi connectivity index (χ3v) is 4.55. The molecule has 0 spiro atoms. The van der Waals surface area contributed by atoms with Crippen molar-refractivity contribution in [2.24, 2.45) is 0 Å². The van der Waals surface area contributed by atoms with E-state index in [0.29, 0.717) is 30.6 Å². The molecule has 23 heavy (non-hydrogen) atoms. The van der Waals surface area contributed by atoms with Crippen molar-refractivity contribution < 1.29 is 14.5 Å². The lowest BCUT2D eigenvalue weighted by Crippen LogP contribution is -2.42. The van der Waals surface area contributed by atoms with E-state index in [0.717, 1.165) is 18.5 Å². The number of ether oxygens (including phenoxy) is 1. The van der Waals surface area contributed by atoms with Crippen molar-refractivity contribution in [3.63, 3.8) is 0 Å². The predicted octanol–water partition coefficient (Wildman–Crippen LogP) is 2.80. The first-order valence-corrected chi connectivity index (χ1v) is 8.27. The Hall–Kier alpha value is -1.67. The Kier molecular flexibility index (Phi) is 6.35. The van der Waals surface area contributed by atoms with Gasteiger partial charge in [0.05, 0.1) is 18.0 Å². The summed E-state index contributed by atoms with van der Waals surface area (Å²) in [4.78, 5) is 24.1. The van der Waals surface area contributed by atoms with Gasteiger partial charge in [0.15, 0.2) is 0 Å². The van der Waals surface area contributed by atoms with Crippen LogP contribution in [0.2, 0.25) is 0 Å². The number of piperidine rings is 1. The van der Waals surface area contributed by atoms with Gasteiger partial charge in [0.25, 0.3) is 5.69 Å². The van der Waals surface area contributed by atoms with E-state index < -0.39 is 4.92 Å². The highest BCUT2D eigenvalue weighted by Crippen LogP contribution is 2.29. The molecule has 0 bridgehead atoms. The molecule has 0 atom stereocenters. The number of hydrogen-bond donors (Lipinski definition) is 1. The first kappa shape index (κ1) is 17.7. The van der Waals surface area contributed by atoms with Crippen molar-refractivity contribution in [2.75, 3.05) is 32.1 Å². The van der Waals surface area contributed by atoms with E-state index in [1.165, 1.54) is 12.1 Å². The number of nitrogens with one attached hydrogen (secondary N) is 1. The molecule has 1 N–H and O–H groups in total. The standard InChI is InChI=1S/C15H20BrN3O4/c1-23-9-6-15(20)18-7-4-11(5-8-18)17-14-3-2-12(19(21)22)10-13(14)16/h2-3,10-11,17H,4-9H2,1H3. The van der Waals surface area contributed by atoms with E-state index in [9.17, 15) is 14.9 Å². The smallest absolute Gasteiger partial charge is 0.270 e. The van der Waals surface area contributed by atoms with E-state index >= 15 is 0 Å². The van der Waals surface area contributed by atoms with Gasteiger partial charge in [-0.1, -0.05) is 0 Å². The van der Waals surface area contributed by atoms with E-state index in [2.05, 4.69) is 21.2 Å². The Morgan fingerprint density at radius 2 is 2.17 bits per heavy atom. The largest absolute Gasteiger partial charge is 0.384 e. The fourth-order valence-electron chi connectivity index (χ4n) is 2.58. The van der Waals surface area contributed by atoms with Gasteiger partial charge in [0.1, 0.15) is 0 Å². The number of nitro groups is 1. The van der Waals surface area contributed by atoms with Crippen LogP contribution in [-0.4, -0.2) is 48.6 Å². The van der Waals surface area contributed by atoms with Crippen molar-refractivity contribution in [3.05, 3.63) is 32.8 Å². The van der Waals surface area contributed by atoms with Gasteiger partial charge in [-0.25, -0.2) is 0 Å². The van der Waals surface area contributed by atoms with Gasteiger partial charge in [-0.2, -0.15) is 0 Å². The average Bonchev–Trinajstić information content (AvgIpc) is 2.55. The van der Waals surface area contributed by atoms with Crippen LogP contribution < -0.4 is 5.32 Å². The number of non-ortho nitro benzene ring substituents is 1. The highest BCUT2D eigenvalue weighted by Gasteiger charge is 2.23. The van der Waals surface area contributed by atoms with Crippen LogP contribution in [0.1, 0.15) is 19.3 Å². The van der Waals surface area contributed by atoms with E-state index in [1.54, 1.807) is 13.2 Å². The number of likely N-dealkylation sites (tertiary alicyclic amines) is 1. The van der Waals surface area contributed by atoms with Gasteiger partial charge in [-0.3, -0.25) is 14.9 Å². The maximum absolute atomic E-state index is 11.9. The van der Waals surface area contributed by atoms with Crippen LogP contribution in [0.4, 0.5) is 11.4 Å². The highest BCUT2D eigenvalue weighted by atomic mass is 79.9. The minimum absolute atomic E-state index is 0.0565. The Labute approximate surface area is 143 Å². The van der Waals surface area contributed by atoms with Crippen LogP contribution in [0, 0.1) is 10.1 Å². The minimum Gasteiger partial charge on any atom is -0.384 e. The number of carbonyl (C=O) groups excluding carboxylic acids is 1. The van der Waals surface area contributed by atoms with Gasteiger partial charge in [-0.05, 0) is 34.8 Å².